The van der Waals surface area contributed by atoms with Crippen LogP contribution in [0.2, 0.25) is 0 Å². The predicted octanol–water partition coefficient (Wildman–Crippen LogP) is 3.23. The lowest BCUT2D eigenvalue weighted by atomic mass is 10.1. The number of halogens is 2. The topological polar surface area (TPSA) is 23.6 Å². The molecule has 0 N–H and O–H groups in total. The lowest BCUT2D eigenvalue weighted by molar-refractivity contribution is 0.0623. The van der Waals surface area contributed by atoms with Gasteiger partial charge in [0.25, 0.3) is 5.91 Å². The van der Waals surface area contributed by atoms with Gasteiger partial charge >= 0.3 is 0 Å². The van der Waals surface area contributed by atoms with Crippen molar-refractivity contribution in [2.75, 3.05) is 26.2 Å². The van der Waals surface area contributed by atoms with E-state index in [4.69, 9.17) is 0 Å². The van der Waals surface area contributed by atoms with Crippen LogP contribution in [-0.2, 0) is 6.54 Å². The summed E-state index contributed by atoms with van der Waals surface area (Å²) >= 11 is 0. The quantitative estimate of drug-likeness (QED) is 0.863. The van der Waals surface area contributed by atoms with Crippen molar-refractivity contribution in [3.05, 3.63) is 70.8 Å². The number of carbonyl (C=O) groups is 1. The van der Waals surface area contributed by atoms with E-state index in [1.165, 1.54) is 11.1 Å². The molecule has 0 radical (unpaired) electrons. The smallest absolute Gasteiger partial charge is 0.257 e. The van der Waals surface area contributed by atoms with Crippen molar-refractivity contribution in [2.24, 2.45) is 0 Å². The van der Waals surface area contributed by atoms with Gasteiger partial charge in [-0.2, -0.15) is 0 Å². The highest BCUT2D eigenvalue weighted by atomic mass is 19.1. The van der Waals surface area contributed by atoms with Crippen LogP contribution < -0.4 is 0 Å². The van der Waals surface area contributed by atoms with Crippen molar-refractivity contribution in [1.29, 1.82) is 0 Å². The summed E-state index contributed by atoms with van der Waals surface area (Å²) in [4.78, 5) is 16.2. The molecule has 1 aliphatic rings. The molecule has 1 amide bonds. The fourth-order valence-corrected chi connectivity index (χ4v) is 3.01. The maximum atomic E-state index is 13.8. The van der Waals surface area contributed by atoms with E-state index in [0.29, 0.717) is 13.1 Å². The summed E-state index contributed by atoms with van der Waals surface area (Å²) in [6.07, 6.45) is 0. The van der Waals surface area contributed by atoms with Crippen LogP contribution in [0, 0.1) is 18.6 Å². The molecular formula is C19H20F2N2O. The van der Waals surface area contributed by atoms with Gasteiger partial charge in [-0.05, 0) is 30.7 Å². The van der Waals surface area contributed by atoms with Crippen LogP contribution in [0.5, 0.6) is 0 Å². The van der Waals surface area contributed by atoms with Crippen molar-refractivity contribution in [3.8, 4) is 0 Å². The van der Waals surface area contributed by atoms with Crippen molar-refractivity contribution < 1.29 is 13.6 Å². The van der Waals surface area contributed by atoms with E-state index in [9.17, 15) is 13.6 Å². The van der Waals surface area contributed by atoms with Crippen LogP contribution in [0.15, 0.2) is 42.5 Å². The van der Waals surface area contributed by atoms with Crippen LogP contribution in [-0.4, -0.2) is 41.9 Å². The molecule has 1 saturated heterocycles. The Balaban J connectivity index is 1.60. The van der Waals surface area contributed by atoms with Crippen molar-refractivity contribution in [3.63, 3.8) is 0 Å². The van der Waals surface area contributed by atoms with Crippen LogP contribution >= 0.6 is 0 Å². The molecule has 0 bridgehead atoms. The second kappa shape index (κ2) is 7.09. The van der Waals surface area contributed by atoms with Gasteiger partial charge in [-0.25, -0.2) is 8.78 Å². The van der Waals surface area contributed by atoms with Gasteiger partial charge in [0.05, 0.1) is 5.56 Å². The molecule has 0 aromatic heterocycles. The van der Waals surface area contributed by atoms with Gasteiger partial charge in [0.2, 0.25) is 0 Å². The maximum absolute atomic E-state index is 13.8. The third kappa shape index (κ3) is 3.79. The van der Waals surface area contributed by atoms with Gasteiger partial charge in [-0.1, -0.05) is 29.8 Å². The minimum absolute atomic E-state index is 0.192. The zero-order chi connectivity index (χ0) is 17.1. The third-order valence-corrected chi connectivity index (χ3v) is 4.31. The Kier molecular flexibility index (Phi) is 4.90. The monoisotopic (exact) mass is 330 g/mol. The molecule has 0 aliphatic carbocycles. The molecule has 5 heteroatoms. The van der Waals surface area contributed by atoms with Gasteiger partial charge in [0.15, 0.2) is 0 Å². The first-order valence-electron chi connectivity index (χ1n) is 8.05. The summed E-state index contributed by atoms with van der Waals surface area (Å²) in [5.74, 6) is -1.72. The molecule has 1 fully saturated rings. The van der Waals surface area contributed by atoms with Crippen molar-refractivity contribution in [1.82, 2.24) is 9.80 Å². The van der Waals surface area contributed by atoms with Crippen LogP contribution in [0.25, 0.3) is 0 Å². The number of piperazine rings is 1. The summed E-state index contributed by atoms with van der Waals surface area (Å²) < 4.78 is 27.0. The van der Waals surface area contributed by atoms with Crippen LogP contribution in [0.1, 0.15) is 21.5 Å². The van der Waals surface area contributed by atoms with E-state index < -0.39 is 17.5 Å². The second-order valence-corrected chi connectivity index (χ2v) is 6.18. The normalized spacial score (nSPS) is 15.5. The molecule has 3 nitrogen and oxygen atoms in total. The highest BCUT2D eigenvalue weighted by Crippen LogP contribution is 2.15. The Hall–Kier alpha value is -2.27. The average molecular weight is 330 g/mol. The molecule has 0 saturated carbocycles. The molecule has 2 aromatic rings. The lowest BCUT2D eigenvalue weighted by Gasteiger charge is -2.34. The Morgan fingerprint density at radius 2 is 1.79 bits per heavy atom. The number of amides is 1. The molecule has 126 valence electrons. The minimum Gasteiger partial charge on any atom is -0.336 e. The highest BCUT2D eigenvalue weighted by molar-refractivity contribution is 5.94. The zero-order valence-electron chi connectivity index (χ0n) is 13.6. The SMILES string of the molecule is Cc1cccc(CN2CCN(C(=O)c3cc(F)ccc3F)CC2)c1. The summed E-state index contributed by atoms with van der Waals surface area (Å²) in [6.45, 7) is 5.36. The van der Waals surface area contributed by atoms with E-state index in [0.717, 1.165) is 37.8 Å². The van der Waals surface area contributed by atoms with Gasteiger partial charge in [0.1, 0.15) is 11.6 Å². The van der Waals surface area contributed by atoms with E-state index >= 15 is 0 Å². The summed E-state index contributed by atoms with van der Waals surface area (Å²) in [7, 11) is 0. The molecule has 1 aliphatic heterocycles. The van der Waals surface area contributed by atoms with E-state index in [1.807, 2.05) is 6.07 Å². The summed E-state index contributed by atoms with van der Waals surface area (Å²) in [5.41, 5.74) is 2.27. The molecular weight excluding hydrogens is 310 g/mol. The van der Waals surface area contributed by atoms with E-state index in [1.54, 1.807) is 4.90 Å². The Morgan fingerprint density at radius 1 is 1.04 bits per heavy atom. The van der Waals surface area contributed by atoms with Gasteiger partial charge < -0.3 is 4.90 Å². The first-order valence-corrected chi connectivity index (χ1v) is 8.05. The molecule has 0 unspecified atom stereocenters. The van der Waals surface area contributed by atoms with Crippen LogP contribution in [0.3, 0.4) is 0 Å². The van der Waals surface area contributed by atoms with Gasteiger partial charge in [-0.3, -0.25) is 9.69 Å². The first kappa shape index (κ1) is 16.6. The Labute approximate surface area is 140 Å². The van der Waals surface area contributed by atoms with E-state index in [-0.39, 0.29) is 5.56 Å². The zero-order valence-corrected chi connectivity index (χ0v) is 13.6. The lowest BCUT2D eigenvalue weighted by Crippen LogP contribution is -2.48. The Bertz CT molecular complexity index is 740. The number of aryl methyl sites for hydroxylation is 1. The summed E-state index contributed by atoms with van der Waals surface area (Å²) in [5, 5.41) is 0. The fraction of sp³-hybridized carbons (Fsp3) is 0.316. The molecule has 0 atom stereocenters. The second-order valence-electron chi connectivity index (χ2n) is 6.18. The molecule has 24 heavy (non-hydrogen) atoms. The predicted molar refractivity (Wildman–Crippen MR) is 88.7 cm³/mol. The standard InChI is InChI=1S/C19H20F2N2O/c1-14-3-2-4-15(11-14)13-22-7-9-23(10-8-22)19(24)17-12-16(20)5-6-18(17)21/h2-6,11-12H,7-10,13H2,1H3. The van der Waals surface area contributed by atoms with Crippen molar-refractivity contribution >= 4 is 5.91 Å². The first-order chi connectivity index (χ1) is 11.5. The maximum Gasteiger partial charge on any atom is 0.257 e. The van der Waals surface area contributed by atoms with Crippen LogP contribution in [0.4, 0.5) is 8.78 Å². The molecule has 1 heterocycles. The number of carbonyl (C=O) groups excluding carboxylic acids is 1. The number of hydrogen-bond acceptors (Lipinski definition) is 2. The Morgan fingerprint density at radius 3 is 2.50 bits per heavy atom. The third-order valence-electron chi connectivity index (χ3n) is 4.31. The van der Waals surface area contributed by atoms with Gasteiger partial charge in [-0.15, -0.1) is 0 Å². The number of benzene rings is 2. The molecule has 0 spiro atoms. The van der Waals surface area contributed by atoms with Crippen molar-refractivity contribution in [2.45, 2.75) is 13.5 Å². The molecule has 3 rings (SSSR count). The average Bonchev–Trinajstić information content (AvgIpc) is 2.57. The number of nitrogens with zero attached hydrogens (tertiary/aromatic N) is 2. The highest BCUT2D eigenvalue weighted by Gasteiger charge is 2.24. The number of hydrogen-bond donors (Lipinski definition) is 0. The molecule has 2 aromatic carbocycles. The largest absolute Gasteiger partial charge is 0.336 e. The number of rotatable bonds is 3. The van der Waals surface area contributed by atoms with E-state index in [2.05, 4.69) is 30.0 Å². The fourth-order valence-electron chi connectivity index (χ4n) is 3.01. The minimum atomic E-state index is -0.677. The summed E-state index contributed by atoms with van der Waals surface area (Å²) in [6, 6.07) is 11.3. The van der Waals surface area contributed by atoms with Gasteiger partial charge in [0, 0.05) is 32.7 Å².